The van der Waals surface area contributed by atoms with E-state index in [2.05, 4.69) is 35.6 Å². The van der Waals surface area contributed by atoms with Crippen LogP contribution in [0, 0.1) is 0 Å². The maximum atomic E-state index is 5.58. The summed E-state index contributed by atoms with van der Waals surface area (Å²) in [5.41, 5.74) is 8.12. The average Bonchev–Trinajstić information content (AvgIpc) is 2.62. The van der Waals surface area contributed by atoms with Crippen molar-refractivity contribution in [2.75, 3.05) is 12.8 Å². The molecule has 2 nitrogen and oxygen atoms in total. The van der Waals surface area contributed by atoms with Gasteiger partial charge in [-0.3, -0.25) is 0 Å². The fourth-order valence-electron chi connectivity index (χ4n) is 1.74. The van der Waals surface area contributed by atoms with Gasteiger partial charge in [0.25, 0.3) is 0 Å². The molecule has 1 aromatic carbocycles. The third-order valence-corrected chi connectivity index (χ3v) is 3.16. The van der Waals surface area contributed by atoms with Gasteiger partial charge in [-0.2, -0.15) is 0 Å². The second-order valence-corrected chi connectivity index (χ2v) is 4.08. The van der Waals surface area contributed by atoms with Gasteiger partial charge >= 0.3 is 0 Å². The summed E-state index contributed by atoms with van der Waals surface area (Å²) in [6, 6.07) is 6.34. The molecule has 3 N–H and O–H groups in total. The molecule has 0 aliphatic carbocycles. The topological polar surface area (TPSA) is 41.8 Å². The molecule has 0 bridgehead atoms. The number of fused-ring (bicyclic) bond motifs is 1. The van der Waals surface area contributed by atoms with Gasteiger partial charge in [0, 0.05) is 22.0 Å². The summed E-state index contributed by atoms with van der Waals surface area (Å²) >= 11 is 1.78. The number of nitrogens with one attached hydrogen (secondary N) is 1. The van der Waals surface area contributed by atoms with Crippen LogP contribution < -0.4 is 5.73 Å². The van der Waals surface area contributed by atoms with E-state index in [9.17, 15) is 0 Å². The number of H-pyrrole nitrogens is 1. The monoisotopic (exact) mass is 206 g/mol. The zero-order valence-electron chi connectivity index (χ0n) is 8.21. The van der Waals surface area contributed by atoms with E-state index in [1.54, 1.807) is 11.8 Å². The Morgan fingerprint density at radius 1 is 1.43 bits per heavy atom. The van der Waals surface area contributed by atoms with E-state index in [1.165, 1.54) is 21.4 Å². The summed E-state index contributed by atoms with van der Waals surface area (Å²) in [4.78, 5) is 4.60. The largest absolute Gasteiger partial charge is 0.361 e. The molecular formula is C11H14N2S. The van der Waals surface area contributed by atoms with Crippen LogP contribution in [0.5, 0.6) is 0 Å². The van der Waals surface area contributed by atoms with E-state index in [-0.39, 0.29) is 0 Å². The molecule has 14 heavy (non-hydrogen) atoms. The number of nitrogens with two attached hydrogens (primary N) is 1. The third kappa shape index (κ3) is 1.53. The Balaban J connectivity index is 2.62. The molecule has 0 amide bonds. The van der Waals surface area contributed by atoms with Gasteiger partial charge in [0.2, 0.25) is 0 Å². The fraction of sp³-hybridized carbons (Fsp3) is 0.273. The van der Waals surface area contributed by atoms with Crippen LogP contribution in [0.1, 0.15) is 5.56 Å². The highest BCUT2D eigenvalue weighted by atomic mass is 32.2. The van der Waals surface area contributed by atoms with E-state index < -0.39 is 0 Å². The van der Waals surface area contributed by atoms with Crippen molar-refractivity contribution >= 4 is 22.7 Å². The maximum absolute atomic E-state index is 5.58. The number of benzene rings is 1. The Morgan fingerprint density at radius 2 is 2.29 bits per heavy atom. The van der Waals surface area contributed by atoms with E-state index in [1.807, 2.05) is 0 Å². The van der Waals surface area contributed by atoms with Crippen molar-refractivity contribution < 1.29 is 0 Å². The number of aromatic amines is 1. The number of hydrogen-bond acceptors (Lipinski definition) is 2. The number of hydrogen-bond donors (Lipinski definition) is 2. The first-order chi connectivity index (χ1) is 6.86. The highest BCUT2D eigenvalue weighted by molar-refractivity contribution is 7.98. The van der Waals surface area contributed by atoms with E-state index >= 15 is 0 Å². The van der Waals surface area contributed by atoms with Gasteiger partial charge in [0.1, 0.15) is 0 Å². The molecular weight excluding hydrogens is 192 g/mol. The van der Waals surface area contributed by atoms with Gasteiger partial charge in [-0.25, -0.2) is 0 Å². The van der Waals surface area contributed by atoms with Crippen LogP contribution in [0.25, 0.3) is 10.9 Å². The van der Waals surface area contributed by atoms with Crippen molar-refractivity contribution in [2.45, 2.75) is 11.3 Å². The molecule has 0 fully saturated rings. The summed E-state index contributed by atoms with van der Waals surface area (Å²) in [6.07, 6.45) is 5.11. The molecule has 0 saturated carbocycles. The molecule has 0 spiro atoms. The lowest BCUT2D eigenvalue weighted by Crippen LogP contribution is -2.01. The molecule has 0 unspecified atom stereocenters. The second kappa shape index (κ2) is 4.07. The predicted molar refractivity (Wildman–Crippen MR) is 62.8 cm³/mol. The standard InChI is InChI=1S/C11H14N2S/c1-14-10-4-2-3-9-11(10)8(5-6-12)7-13-9/h2-4,7,13H,5-6,12H2,1H3. The minimum absolute atomic E-state index is 0.704. The summed E-state index contributed by atoms with van der Waals surface area (Å²) in [5, 5.41) is 1.34. The molecule has 0 aliphatic rings. The van der Waals surface area contributed by atoms with Crippen LogP contribution in [0.2, 0.25) is 0 Å². The summed E-state index contributed by atoms with van der Waals surface area (Å²) in [7, 11) is 0. The summed E-state index contributed by atoms with van der Waals surface area (Å²) in [5.74, 6) is 0. The van der Waals surface area contributed by atoms with Crippen molar-refractivity contribution in [1.29, 1.82) is 0 Å². The fourth-order valence-corrected chi connectivity index (χ4v) is 2.40. The SMILES string of the molecule is CSc1cccc2[nH]cc(CCN)c12. The van der Waals surface area contributed by atoms with Crippen LogP contribution >= 0.6 is 11.8 Å². The Kier molecular flexibility index (Phi) is 2.79. The quantitative estimate of drug-likeness (QED) is 0.757. The van der Waals surface area contributed by atoms with Gasteiger partial charge in [-0.15, -0.1) is 11.8 Å². The average molecular weight is 206 g/mol. The van der Waals surface area contributed by atoms with Crippen LogP contribution in [-0.2, 0) is 6.42 Å². The van der Waals surface area contributed by atoms with Gasteiger partial charge in [-0.05, 0) is 36.9 Å². The van der Waals surface area contributed by atoms with Gasteiger partial charge in [-0.1, -0.05) is 6.07 Å². The molecule has 2 rings (SSSR count). The second-order valence-electron chi connectivity index (χ2n) is 3.24. The predicted octanol–water partition coefficient (Wildman–Crippen LogP) is 2.39. The van der Waals surface area contributed by atoms with E-state index in [0.717, 1.165) is 6.42 Å². The zero-order valence-corrected chi connectivity index (χ0v) is 9.03. The molecule has 0 radical (unpaired) electrons. The van der Waals surface area contributed by atoms with Crippen molar-refractivity contribution in [3.05, 3.63) is 30.0 Å². The Hall–Kier alpha value is -0.930. The maximum Gasteiger partial charge on any atom is 0.0468 e. The zero-order chi connectivity index (χ0) is 9.97. The minimum Gasteiger partial charge on any atom is -0.361 e. The van der Waals surface area contributed by atoms with Crippen molar-refractivity contribution in [2.24, 2.45) is 5.73 Å². The Morgan fingerprint density at radius 3 is 3.00 bits per heavy atom. The Labute approximate surface area is 87.9 Å². The van der Waals surface area contributed by atoms with Gasteiger partial charge < -0.3 is 10.7 Å². The molecule has 0 saturated heterocycles. The van der Waals surface area contributed by atoms with E-state index in [0.29, 0.717) is 6.54 Å². The number of thioether (sulfide) groups is 1. The first kappa shape index (κ1) is 9.62. The molecule has 0 atom stereocenters. The van der Waals surface area contributed by atoms with Crippen molar-refractivity contribution in [3.8, 4) is 0 Å². The first-order valence-corrected chi connectivity index (χ1v) is 5.92. The summed E-state index contributed by atoms with van der Waals surface area (Å²) < 4.78 is 0. The molecule has 0 aliphatic heterocycles. The van der Waals surface area contributed by atoms with Gasteiger partial charge in [0.15, 0.2) is 0 Å². The summed E-state index contributed by atoms with van der Waals surface area (Å²) in [6.45, 7) is 0.704. The molecule has 1 aromatic heterocycles. The van der Waals surface area contributed by atoms with Crippen LogP contribution in [0.4, 0.5) is 0 Å². The third-order valence-electron chi connectivity index (χ3n) is 2.38. The molecule has 1 heterocycles. The lowest BCUT2D eigenvalue weighted by Gasteiger charge is -2.01. The van der Waals surface area contributed by atoms with Gasteiger partial charge in [0.05, 0.1) is 0 Å². The molecule has 74 valence electrons. The highest BCUT2D eigenvalue weighted by Crippen LogP contribution is 2.28. The molecule has 2 aromatic rings. The van der Waals surface area contributed by atoms with E-state index in [4.69, 9.17) is 5.73 Å². The van der Waals surface area contributed by atoms with Crippen LogP contribution in [0.3, 0.4) is 0 Å². The Bertz CT molecular complexity index is 434. The van der Waals surface area contributed by atoms with Crippen LogP contribution in [-0.4, -0.2) is 17.8 Å². The van der Waals surface area contributed by atoms with Crippen LogP contribution in [0.15, 0.2) is 29.3 Å². The smallest absolute Gasteiger partial charge is 0.0468 e. The normalized spacial score (nSPS) is 11.0. The number of rotatable bonds is 3. The lowest BCUT2D eigenvalue weighted by molar-refractivity contribution is 0.975. The first-order valence-electron chi connectivity index (χ1n) is 4.70. The lowest BCUT2D eigenvalue weighted by atomic mass is 10.1. The molecule has 3 heteroatoms. The van der Waals surface area contributed by atoms with Crippen molar-refractivity contribution in [3.63, 3.8) is 0 Å². The highest BCUT2D eigenvalue weighted by Gasteiger charge is 2.06. The number of aromatic nitrogens is 1. The van der Waals surface area contributed by atoms with Crippen molar-refractivity contribution in [1.82, 2.24) is 4.98 Å². The minimum atomic E-state index is 0.704.